The fourth-order valence-electron chi connectivity index (χ4n) is 3.26. The molecule has 0 atom stereocenters. The van der Waals surface area contributed by atoms with Gasteiger partial charge in [0.15, 0.2) is 0 Å². The average Bonchev–Trinajstić information content (AvgIpc) is 3.20. The number of nitrogens with one attached hydrogen (secondary N) is 2. The zero-order chi connectivity index (χ0) is 27.7. The van der Waals surface area contributed by atoms with E-state index >= 15 is 0 Å². The topological polar surface area (TPSA) is 128 Å². The van der Waals surface area contributed by atoms with Gasteiger partial charge in [-0.25, -0.2) is 14.1 Å². The van der Waals surface area contributed by atoms with E-state index in [0.717, 1.165) is 55.1 Å². The highest BCUT2D eigenvalue weighted by Crippen LogP contribution is 2.33. The van der Waals surface area contributed by atoms with Crippen LogP contribution in [0.25, 0.3) is 0 Å². The maximum absolute atomic E-state index is 14.3. The summed E-state index contributed by atoms with van der Waals surface area (Å²) in [5.41, 5.74) is 0.0829. The molecule has 1 aliphatic heterocycles. The first-order valence-corrected chi connectivity index (χ1v) is 14.2. The van der Waals surface area contributed by atoms with Crippen LogP contribution in [0.2, 0.25) is 10.3 Å². The second-order valence-corrected chi connectivity index (χ2v) is 10.3. The van der Waals surface area contributed by atoms with E-state index in [-0.39, 0.29) is 26.6 Å². The Bertz CT molecular complexity index is 1370. The highest BCUT2D eigenvalue weighted by Gasteiger charge is 2.15. The first-order valence-electron chi connectivity index (χ1n) is 11.7. The van der Waals surface area contributed by atoms with Gasteiger partial charge in [0.25, 0.3) is 0 Å². The van der Waals surface area contributed by atoms with E-state index in [9.17, 15) is 14.0 Å². The Balaban J connectivity index is 0.000000260. The molecule has 2 aromatic heterocycles. The van der Waals surface area contributed by atoms with Crippen LogP contribution in [0.15, 0.2) is 26.8 Å². The fourth-order valence-corrected chi connectivity index (χ4v) is 5.40. The van der Waals surface area contributed by atoms with Crippen molar-refractivity contribution in [1.82, 2.24) is 24.3 Å². The molecule has 206 valence electrons. The Labute approximate surface area is 236 Å². The highest BCUT2D eigenvalue weighted by molar-refractivity contribution is 8.00. The molecule has 0 unspecified atom stereocenters. The summed E-state index contributed by atoms with van der Waals surface area (Å²) < 4.78 is 22.3. The molecule has 0 spiro atoms. The molecule has 4 rings (SSSR count). The number of esters is 1. The molecular formula is C22H27Cl2FN8O3S2. The lowest BCUT2D eigenvalue weighted by Crippen LogP contribution is -2.31. The van der Waals surface area contributed by atoms with Crippen LogP contribution in [-0.2, 0) is 22.6 Å². The van der Waals surface area contributed by atoms with Crippen LogP contribution in [0.4, 0.5) is 22.0 Å². The molecular weight excluding hydrogens is 578 g/mol. The number of aromatic nitrogens is 5. The number of nitrogens with zero attached hydrogens (tertiary/aromatic N) is 6. The standard InChI is InChI=1S/C15H15ClFN3O3S2.C7H12ClN5/c1-23-13(21)8-24-12-7-11(10(17)6-9(12)16)18-14-19-4-2-3-5-20(19)15(22)25-14;1-3-9-6-11-5(8)12-7(13-6)10-4-2/h6-7H,2-5,8H2,1H3;3-4H2,1-2H3,(H2,9,10,11,12,13)/b18-14-;. The molecule has 0 bridgehead atoms. The minimum absolute atomic E-state index is 0.0605. The van der Waals surface area contributed by atoms with Crippen molar-refractivity contribution in [1.29, 1.82) is 0 Å². The van der Waals surface area contributed by atoms with Gasteiger partial charge >= 0.3 is 10.8 Å². The largest absolute Gasteiger partial charge is 0.468 e. The zero-order valence-corrected chi connectivity index (χ0v) is 24.1. The van der Waals surface area contributed by atoms with Gasteiger partial charge < -0.3 is 15.4 Å². The van der Waals surface area contributed by atoms with Crippen LogP contribution in [0.1, 0.15) is 26.7 Å². The van der Waals surface area contributed by atoms with Gasteiger partial charge in [-0.2, -0.15) is 15.0 Å². The van der Waals surface area contributed by atoms with Gasteiger partial charge in [0.2, 0.25) is 22.0 Å². The van der Waals surface area contributed by atoms with Crippen LogP contribution in [-0.4, -0.2) is 56.2 Å². The Morgan fingerprint density at radius 1 is 1.13 bits per heavy atom. The molecule has 1 aliphatic rings. The second-order valence-electron chi connectivity index (χ2n) is 7.63. The third-order valence-corrected chi connectivity index (χ3v) is 7.45. The number of fused-ring (bicyclic) bond motifs is 1. The average molecular weight is 606 g/mol. The molecule has 0 aliphatic carbocycles. The van der Waals surface area contributed by atoms with E-state index in [2.05, 4.69) is 35.3 Å². The molecule has 38 heavy (non-hydrogen) atoms. The van der Waals surface area contributed by atoms with Crippen molar-refractivity contribution in [3.05, 3.63) is 42.7 Å². The number of ether oxygens (including phenoxy) is 1. The fraction of sp³-hybridized carbons (Fsp3) is 0.455. The number of thioether (sulfide) groups is 1. The second kappa shape index (κ2) is 14.5. The predicted octanol–water partition coefficient (Wildman–Crippen LogP) is 4.18. The van der Waals surface area contributed by atoms with Crippen molar-refractivity contribution in [2.24, 2.45) is 4.99 Å². The SMILES string of the molecule is CCNc1nc(Cl)nc(NCC)n1.COC(=O)CSc1cc(/N=c2\sc(=O)n3n2CCCC3)c(F)cc1Cl. The minimum Gasteiger partial charge on any atom is -0.468 e. The van der Waals surface area contributed by atoms with E-state index in [1.807, 2.05) is 13.8 Å². The van der Waals surface area contributed by atoms with Crippen molar-refractivity contribution in [3.8, 4) is 0 Å². The lowest BCUT2D eigenvalue weighted by atomic mass is 10.3. The monoisotopic (exact) mass is 604 g/mol. The molecule has 0 radical (unpaired) electrons. The van der Waals surface area contributed by atoms with Crippen LogP contribution in [0.5, 0.6) is 0 Å². The van der Waals surface area contributed by atoms with E-state index in [0.29, 0.717) is 34.7 Å². The third-order valence-electron chi connectivity index (χ3n) is 4.96. The van der Waals surface area contributed by atoms with Gasteiger partial charge in [0.05, 0.1) is 17.9 Å². The number of methoxy groups -OCH3 is 1. The Morgan fingerprint density at radius 2 is 1.76 bits per heavy atom. The van der Waals surface area contributed by atoms with E-state index in [1.165, 1.54) is 13.2 Å². The molecule has 2 N–H and O–H groups in total. The number of benzene rings is 1. The summed E-state index contributed by atoms with van der Waals surface area (Å²) in [5.74, 6) is 0.0739. The van der Waals surface area contributed by atoms with E-state index < -0.39 is 11.8 Å². The van der Waals surface area contributed by atoms with Crippen LogP contribution < -0.4 is 20.3 Å². The minimum atomic E-state index is -0.580. The summed E-state index contributed by atoms with van der Waals surface area (Å²) in [6.07, 6.45) is 1.90. The lowest BCUT2D eigenvalue weighted by Gasteiger charge is -2.15. The number of carbonyl (C=O) groups excluding carboxylic acids is 1. The van der Waals surface area contributed by atoms with Crippen molar-refractivity contribution < 1.29 is 13.9 Å². The first kappa shape index (κ1) is 29.9. The number of anilines is 2. The molecule has 3 heterocycles. The van der Waals surface area contributed by atoms with Crippen LogP contribution >= 0.6 is 46.3 Å². The highest BCUT2D eigenvalue weighted by atomic mass is 35.5. The number of hydrogen-bond donors (Lipinski definition) is 2. The molecule has 0 amide bonds. The summed E-state index contributed by atoms with van der Waals surface area (Å²) in [5, 5.41) is 6.32. The number of hydrogen-bond acceptors (Lipinski definition) is 11. The maximum atomic E-state index is 14.3. The van der Waals surface area contributed by atoms with Gasteiger partial charge in [-0.3, -0.25) is 14.3 Å². The summed E-state index contributed by atoms with van der Waals surface area (Å²) in [4.78, 5) is 40.4. The van der Waals surface area contributed by atoms with Crippen LogP contribution in [0, 0.1) is 5.82 Å². The molecule has 0 fully saturated rings. The Kier molecular flexibility index (Phi) is 11.4. The molecule has 3 aromatic rings. The van der Waals surface area contributed by atoms with Crippen molar-refractivity contribution in [2.45, 2.75) is 44.7 Å². The summed E-state index contributed by atoms with van der Waals surface area (Å²) >= 11 is 13.9. The number of halogens is 3. The van der Waals surface area contributed by atoms with Gasteiger partial charge in [-0.1, -0.05) is 11.6 Å². The zero-order valence-electron chi connectivity index (χ0n) is 21.0. The van der Waals surface area contributed by atoms with Gasteiger partial charge in [-0.15, -0.1) is 11.8 Å². The summed E-state index contributed by atoms with van der Waals surface area (Å²) in [7, 11) is 1.30. The molecule has 0 saturated carbocycles. The quantitative estimate of drug-likeness (QED) is 0.287. The smallest absolute Gasteiger partial charge is 0.325 e. The predicted molar refractivity (Wildman–Crippen MR) is 148 cm³/mol. The van der Waals surface area contributed by atoms with Gasteiger partial charge in [0, 0.05) is 31.1 Å². The normalized spacial score (nSPS) is 12.8. The Morgan fingerprint density at radius 3 is 2.37 bits per heavy atom. The van der Waals surface area contributed by atoms with E-state index in [4.69, 9.17) is 23.2 Å². The molecule has 1 aromatic carbocycles. The molecule has 11 nitrogen and oxygen atoms in total. The molecule has 0 saturated heterocycles. The summed E-state index contributed by atoms with van der Waals surface area (Å²) in [6, 6.07) is 2.64. The number of carbonyl (C=O) groups is 1. The maximum Gasteiger partial charge on any atom is 0.325 e. The lowest BCUT2D eigenvalue weighted by molar-refractivity contribution is -0.137. The third kappa shape index (κ3) is 8.16. The van der Waals surface area contributed by atoms with Crippen molar-refractivity contribution in [2.75, 3.05) is 36.6 Å². The van der Waals surface area contributed by atoms with Gasteiger partial charge in [-0.05, 0) is 61.8 Å². The Hall–Kier alpha value is -2.68. The summed E-state index contributed by atoms with van der Waals surface area (Å²) in [6.45, 7) is 6.76. The first-order chi connectivity index (χ1) is 18.2. The number of rotatable bonds is 8. The molecule has 16 heteroatoms. The van der Waals surface area contributed by atoms with Crippen molar-refractivity contribution in [3.63, 3.8) is 0 Å². The van der Waals surface area contributed by atoms with Gasteiger partial charge in [0.1, 0.15) is 11.5 Å². The van der Waals surface area contributed by atoms with E-state index in [1.54, 1.807) is 9.36 Å². The van der Waals surface area contributed by atoms with Crippen LogP contribution in [0.3, 0.4) is 0 Å². The van der Waals surface area contributed by atoms with Crippen molar-refractivity contribution >= 4 is 69.9 Å².